The molecule has 140 valence electrons. The lowest BCUT2D eigenvalue weighted by Gasteiger charge is -2.15. The number of nitrogens with zero attached hydrogens (tertiary/aromatic N) is 3. The molecule has 0 spiro atoms. The van der Waals surface area contributed by atoms with E-state index in [0.29, 0.717) is 17.0 Å². The summed E-state index contributed by atoms with van der Waals surface area (Å²) in [5.41, 5.74) is 0.843. The Morgan fingerprint density at radius 3 is 2.58 bits per heavy atom. The number of thioether (sulfide) groups is 1. The van der Waals surface area contributed by atoms with Crippen LogP contribution in [0.5, 0.6) is 5.75 Å². The lowest BCUT2D eigenvalue weighted by molar-refractivity contribution is -0.119. The van der Waals surface area contributed by atoms with E-state index >= 15 is 0 Å². The van der Waals surface area contributed by atoms with Crippen LogP contribution in [0, 0.1) is 0 Å². The average molecular weight is 375 g/mol. The molecule has 1 aliphatic rings. The Hall–Kier alpha value is -2.22. The summed E-state index contributed by atoms with van der Waals surface area (Å²) in [5, 5.41) is 11.9. The largest absolute Gasteiger partial charge is 0.497 e. The molecule has 1 fully saturated rings. The van der Waals surface area contributed by atoms with Gasteiger partial charge in [-0.25, -0.2) is 4.68 Å². The zero-order valence-electron chi connectivity index (χ0n) is 15.0. The molecule has 0 unspecified atom stereocenters. The van der Waals surface area contributed by atoms with Crippen molar-refractivity contribution in [2.75, 3.05) is 18.7 Å². The highest BCUT2D eigenvalue weighted by atomic mass is 32.2. The minimum Gasteiger partial charge on any atom is -0.497 e. The summed E-state index contributed by atoms with van der Waals surface area (Å²) >= 11 is 1.30. The maximum absolute atomic E-state index is 12.2. The molecule has 1 amide bonds. The van der Waals surface area contributed by atoms with Crippen molar-refractivity contribution in [3.8, 4) is 17.1 Å². The predicted octanol–water partition coefficient (Wildman–Crippen LogP) is 2.60. The Bertz CT molecular complexity index is 724. The van der Waals surface area contributed by atoms with Crippen molar-refractivity contribution in [3.63, 3.8) is 0 Å². The monoisotopic (exact) mass is 375 g/mol. The van der Waals surface area contributed by atoms with Crippen LogP contribution in [0.2, 0.25) is 0 Å². The zero-order chi connectivity index (χ0) is 18.4. The fraction of sp³-hybridized carbons (Fsp3) is 0.500. The first-order valence-electron chi connectivity index (χ1n) is 8.94. The quantitative estimate of drug-likeness (QED) is 0.458. The summed E-state index contributed by atoms with van der Waals surface area (Å²) in [4.78, 5) is 12.2. The van der Waals surface area contributed by atoms with E-state index in [1.54, 1.807) is 7.11 Å². The highest BCUT2D eigenvalue weighted by Gasteiger charge is 2.17. The van der Waals surface area contributed by atoms with Gasteiger partial charge < -0.3 is 15.9 Å². The van der Waals surface area contributed by atoms with E-state index in [0.717, 1.165) is 24.2 Å². The van der Waals surface area contributed by atoms with Crippen molar-refractivity contribution in [2.24, 2.45) is 0 Å². The molecule has 7 nitrogen and oxygen atoms in total. The van der Waals surface area contributed by atoms with Crippen LogP contribution in [0.15, 0.2) is 29.4 Å². The highest BCUT2D eigenvalue weighted by molar-refractivity contribution is 7.99. The van der Waals surface area contributed by atoms with Gasteiger partial charge in [0.05, 0.1) is 12.9 Å². The second-order valence-electron chi connectivity index (χ2n) is 6.45. The smallest absolute Gasteiger partial charge is 0.230 e. The van der Waals surface area contributed by atoms with Crippen LogP contribution < -0.4 is 15.9 Å². The molecule has 2 aromatic rings. The molecule has 3 rings (SSSR count). The molecule has 3 N–H and O–H groups in total. The molecule has 8 heteroatoms. The number of nitrogen functional groups attached to an aromatic ring is 1. The van der Waals surface area contributed by atoms with Gasteiger partial charge in [-0.1, -0.05) is 37.4 Å². The molecular formula is C18H25N5O2S. The lowest BCUT2D eigenvalue weighted by Crippen LogP contribution is -2.35. The molecule has 0 saturated heterocycles. The second kappa shape index (κ2) is 8.93. The van der Waals surface area contributed by atoms with Crippen LogP contribution in [0.1, 0.15) is 38.5 Å². The molecule has 1 heterocycles. The van der Waals surface area contributed by atoms with Gasteiger partial charge >= 0.3 is 0 Å². The Morgan fingerprint density at radius 2 is 1.92 bits per heavy atom. The number of amides is 1. The fourth-order valence-corrected chi connectivity index (χ4v) is 3.80. The normalized spacial score (nSPS) is 15.4. The predicted molar refractivity (Wildman–Crippen MR) is 103 cm³/mol. The van der Waals surface area contributed by atoms with Crippen molar-refractivity contribution >= 4 is 17.7 Å². The van der Waals surface area contributed by atoms with Crippen molar-refractivity contribution in [1.29, 1.82) is 0 Å². The third-order valence-corrected chi connectivity index (χ3v) is 5.51. The summed E-state index contributed by atoms with van der Waals surface area (Å²) in [7, 11) is 1.62. The van der Waals surface area contributed by atoms with E-state index in [1.165, 1.54) is 42.1 Å². The summed E-state index contributed by atoms with van der Waals surface area (Å²) in [6, 6.07) is 7.74. The van der Waals surface area contributed by atoms with Gasteiger partial charge in [-0.2, -0.15) is 0 Å². The van der Waals surface area contributed by atoms with Gasteiger partial charge in [-0.3, -0.25) is 4.79 Å². The average Bonchev–Trinajstić information content (AvgIpc) is 2.84. The number of hydrogen-bond acceptors (Lipinski definition) is 6. The molecule has 0 bridgehead atoms. The molecule has 0 aliphatic heterocycles. The number of aromatic nitrogens is 3. The molecule has 0 radical (unpaired) electrons. The number of nitrogens with one attached hydrogen (secondary N) is 1. The minimum atomic E-state index is 0.0240. The maximum Gasteiger partial charge on any atom is 0.230 e. The van der Waals surface area contributed by atoms with Crippen LogP contribution >= 0.6 is 11.8 Å². The summed E-state index contributed by atoms with van der Waals surface area (Å²) in [6.45, 7) is 0. The summed E-state index contributed by atoms with van der Waals surface area (Å²) < 4.78 is 6.57. The van der Waals surface area contributed by atoms with Crippen LogP contribution in [-0.2, 0) is 4.79 Å². The number of carbonyl (C=O) groups excluding carboxylic acids is 1. The van der Waals surface area contributed by atoms with E-state index in [9.17, 15) is 4.79 Å². The van der Waals surface area contributed by atoms with Crippen LogP contribution in [0.4, 0.5) is 0 Å². The van der Waals surface area contributed by atoms with Gasteiger partial charge in [0.25, 0.3) is 0 Å². The van der Waals surface area contributed by atoms with E-state index in [-0.39, 0.29) is 11.7 Å². The highest BCUT2D eigenvalue weighted by Crippen LogP contribution is 2.23. The standard InChI is InChI=1S/C18H25N5O2S/c1-25-15-10-8-13(9-11-15)17-21-22-18(23(17)19)26-12-16(24)20-14-6-4-2-3-5-7-14/h8-11,14H,2-7,12,19H2,1H3,(H,20,24). The first-order chi connectivity index (χ1) is 12.7. The van der Waals surface area contributed by atoms with E-state index in [2.05, 4.69) is 15.5 Å². The van der Waals surface area contributed by atoms with Gasteiger partial charge in [0.15, 0.2) is 5.82 Å². The number of nitrogens with two attached hydrogens (primary N) is 1. The summed E-state index contributed by atoms with van der Waals surface area (Å²) in [5.74, 6) is 7.74. The van der Waals surface area contributed by atoms with E-state index in [1.807, 2.05) is 24.3 Å². The van der Waals surface area contributed by atoms with Gasteiger partial charge in [0, 0.05) is 11.6 Å². The first kappa shape index (κ1) is 18.6. The Balaban J connectivity index is 1.56. The van der Waals surface area contributed by atoms with Gasteiger partial charge in [0.1, 0.15) is 5.75 Å². The Kier molecular flexibility index (Phi) is 6.38. The van der Waals surface area contributed by atoms with Gasteiger partial charge in [0.2, 0.25) is 11.1 Å². The number of carbonyl (C=O) groups is 1. The number of rotatable bonds is 6. The Morgan fingerprint density at radius 1 is 1.23 bits per heavy atom. The number of hydrogen-bond donors (Lipinski definition) is 2. The number of ether oxygens (including phenoxy) is 1. The van der Waals surface area contributed by atoms with Crippen LogP contribution in [0.3, 0.4) is 0 Å². The zero-order valence-corrected chi connectivity index (χ0v) is 15.8. The van der Waals surface area contributed by atoms with Crippen LogP contribution in [-0.4, -0.2) is 39.7 Å². The minimum absolute atomic E-state index is 0.0240. The van der Waals surface area contributed by atoms with Gasteiger partial charge in [-0.15, -0.1) is 10.2 Å². The molecule has 26 heavy (non-hydrogen) atoms. The number of methoxy groups -OCH3 is 1. The first-order valence-corrected chi connectivity index (χ1v) is 9.93. The van der Waals surface area contributed by atoms with Crippen LogP contribution in [0.25, 0.3) is 11.4 Å². The van der Waals surface area contributed by atoms with Crippen molar-refractivity contribution in [3.05, 3.63) is 24.3 Å². The molecule has 0 atom stereocenters. The van der Waals surface area contributed by atoms with Crippen molar-refractivity contribution in [1.82, 2.24) is 20.2 Å². The topological polar surface area (TPSA) is 95.1 Å². The molecule has 1 aromatic heterocycles. The fourth-order valence-electron chi connectivity index (χ4n) is 3.14. The second-order valence-corrected chi connectivity index (χ2v) is 7.39. The van der Waals surface area contributed by atoms with E-state index in [4.69, 9.17) is 10.6 Å². The Labute approximate surface area is 157 Å². The lowest BCUT2D eigenvalue weighted by atomic mass is 10.1. The van der Waals surface area contributed by atoms with Gasteiger partial charge in [-0.05, 0) is 37.1 Å². The summed E-state index contributed by atoms with van der Waals surface area (Å²) in [6.07, 6.45) is 7.08. The molecule has 1 aliphatic carbocycles. The van der Waals surface area contributed by atoms with E-state index < -0.39 is 0 Å². The molecular weight excluding hydrogens is 350 g/mol. The number of benzene rings is 1. The molecule has 1 saturated carbocycles. The maximum atomic E-state index is 12.2. The molecule has 1 aromatic carbocycles. The SMILES string of the molecule is COc1ccc(-c2nnc(SCC(=O)NC3CCCCCC3)n2N)cc1. The third-order valence-electron chi connectivity index (χ3n) is 4.57. The van der Waals surface area contributed by atoms with Crippen molar-refractivity contribution in [2.45, 2.75) is 49.7 Å². The third kappa shape index (κ3) is 4.69. The van der Waals surface area contributed by atoms with Crippen molar-refractivity contribution < 1.29 is 9.53 Å².